The van der Waals surface area contributed by atoms with Crippen molar-refractivity contribution in [1.29, 1.82) is 0 Å². The zero-order chi connectivity index (χ0) is 35.4. The van der Waals surface area contributed by atoms with Crippen LogP contribution in [0.5, 0.6) is 0 Å². The number of rotatable bonds is 8. The molecular weight excluding hydrogens is 702 g/mol. The number of carbonyl (C=O) groups excluding carboxylic acids is 4. The fraction of sp³-hybridized carbons (Fsp3) is 0.323. The van der Waals surface area contributed by atoms with Crippen LogP contribution in [0.15, 0.2) is 61.1 Å². The molecule has 49 heavy (non-hydrogen) atoms. The van der Waals surface area contributed by atoms with Gasteiger partial charge in [-0.3, -0.25) is 19.2 Å². The van der Waals surface area contributed by atoms with Crippen molar-refractivity contribution >= 4 is 59.4 Å². The zero-order valence-corrected chi connectivity index (χ0v) is 27.6. The van der Waals surface area contributed by atoms with Crippen LogP contribution in [0.2, 0.25) is 5.02 Å². The number of carbonyl (C=O) groups is 4. The van der Waals surface area contributed by atoms with Crippen molar-refractivity contribution in [2.24, 2.45) is 0 Å². The van der Waals surface area contributed by atoms with Crippen LogP contribution in [0.3, 0.4) is 0 Å². The number of nitrogens with zero attached hydrogens (tertiary/aromatic N) is 3. The van der Waals surface area contributed by atoms with Gasteiger partial charge in [0.1, 0.15) is 5.82 Å². The highest BCUT2D eigenvalue weighted by Crippen LogP contribution is 2.26. The van der Waals surface area contributed by atoms with Gasteiger partial charge in [-0.05, 0) is 69.8 Å². The second-order valence-electron chi connectivity index (χ2n) is 11.1. The fourth-order valence-electron chi connectivity index (χ4n) is 5.04. The van der Waals surface area contributed by atoms with E-state index in [1.165, 1.54) is 0 Å². The molecule has 0 spiro atoms. The summed E-state index contributed by atoms with van der Waals surface area (Å²) in [6.07, 6.45) is -3.55. The van der Waals surface area contributed by atoms with Gasteiger partial charge in [-0.1, -0.05) is 17.7 Å². The summed E-state index contributed by atoms with van der Waals surface area (Å²) in [4.78, 5) is 54.7. The van der Waals surface area contributed by atoms with Crippen molar-refractivity contribution in [3.8, 4) is 5.69 Å². The van der Waals surface area contributed by atoms with E-state index in [2.05, 4.69) is 25.5 Å². The molecule has 2 aromatic carbocycles. The molecule has 2 heterocycles. The number of nitrogens with one attached hydrogen (secondary N) is 3. The Bertz CT molecular complexity index is 1780. The molecule has 10 nitrogen and oxygen atoms in total. The monoisotopic (exact) mass is 732 g/mol. The van der Waals surface area contributed by atoms with Crippen molar-refractivity contribution in [1.82, 2.24) is 30.1 Å². The van der Waals surface area contributed by atoms with E-state index in [1.54, 1.807) is 24.5 Å². The molecule has 2 aromatic heterocycles. The maximum atomic E-state index is 13.0. The SMILES string of the molecule is CN(C)Cc1nccn1-c1ccc(C(=O)N[C@H]2CCC[C@H]2NC(=O)c2ccc3c(Cl)c[nH]c3c2)cc1.O=C(C(=O)C(F)(F)F)C(F)(F)F.S. The van der Waals surface area contributed by atoms with Gasteiger partial charge in [-0.25, -0.2) is 4.98 Å². The molecule has 0 radical (unpaired) electrons. The molecule has 264 valence electrons. The van der Waals surface area contributed by atoms with Crippen molar-refractivity contribution in [3.63, 3.8) is 0 Å². The van der Waals surface area contributed by atoms with E-state index in [9.17, 15) is 45.5 Å². The van der Waals surface area contributed by atoms with Gasteiger partial charge in [0.2, 0.25) is 0 Å². The lowest BCUT2D eigenvalue weighted by atomic mass is 10.1. The molecule has 5 rings (SSSR count). The molecule has 18 heteroatoms. The van der Waals surface area contributed by atoms with Crippen LogP contribution in [0.1, 0.15) is 45.8 Å². The number of ketones is 2. The predicted molar refractivity (Wildman–Crippen MR) is 173 cm³/mol. The van der Waals surface area contributed by atoms with Crippen LogP contribution in [0, 0.1) is 0 Å². The van der Waals surface area contributed by atoms with Crippen molar-refractivity contribution in [3.05, 3.63) is 83.0 Å². The fourth-order valence-corrected chi connectivity index (χ4v) is 5.26. The summed E-state index contributed by atoms with van der Waals surface area (Å²) in [5.41, 5.74) is 2.91. The molecule has 1 fully saturated rings. The number of benzene rings is 2. The molecule has 2 atom stereocenters. The number of fused-ring (bicyclic) bond motifs is 1. The largest absolute Gasteiger partial charge is 0.458 e. The molecule has 2 amide bonds. The molecule has 1 aliphatic rings. The van der Waals surface area contributed by atoms with E-state index in [0.29, 0.717) is 16.1 Å². The highest BCUT2D eigenvalue weighted by molar-refractivity contribution is 7.59. The van der Waals surface area contributed by atoms with Crippen molar-refractivity contribution < 1.29 is 45.5 Å². The normalized spacial score (nSPS) is 16.0. The van der Waals surface area contributed by atoms with Gasteiger partial charge in [-0.15, -0.1) is 0 Å². The van der Waals surface area contributed by atoms with Crippen LogP contribution < -0.4 is 10.6 Å². The van der Waals surface area contributed by atoms with E-state index in [-0.39, 0.29) is 37.4 Å². The predicted octanol–water partition coefficient (Wildman–Crippen LogP) is 5.51. The second kappa shape index (κ2) is 15.9. The zero-order valence-electron chi connectivity index (χ0n) is 25.9. The van der Waals surface area contributed by atoms with E-state index in [1.807, 2.05) is 55.2 Å². The minimum absolute atomic E-state index is 0. The summed E-state index contributed by atoms with van der Waals surface area (Å²) < 4.78 is 69.0. The average molecular weight is 733 g/mol. The first-order valence-corrected chi connectivity index (χ1v) is 14.7. The lowest BCUT2D eigenvalue weighted by Crippen LogP contribution is -2.48. The Hall–Kier alpha value is -4.35. The number of amides is 2. The molecule has 1 aliphatic carbocycles. The Balaban J connectivity index is 0.000000430. The first kappa shape index (κ1) is 39.1. The summed E-state index contributed by atoms with van der Waals surface area (Å²) in [5, 5.41) is 7.74. The number of alkyl halides is 6. The molecule has 4 aromatic rings. The second-order valence-corrected chi connectivity index (χ2v) is 11.5. The van der Waals surface area contributed by atoms with E-state index in [0.717, 1.165) is 48.2 Å². The third kappa shape index (κ3) is 9.86. The third-order valence-corrected chi connectivity index (χ3v) is 7.66. The quantitative estimate of drug-likeness (QED) is 0.162. The van der Waals surface area contributed by atoms with Gasteiger partial charge in [0.05, 0.1) is 11.6 Å². The van der Waals surface area contributed by atoms with Crippen LogP contribution in [0.25, 0.3) is 16.6 Å². The minimum atomic E-state index is -5.77. The summed E-state index contributed by atoms with van der Waals surface area (Å²) >= 11 is 6.14. The van der Waals surface area contributed by atoms with Gasteiger partial charge in [0, 0.05) is 58.4 Å². The first-order valence-electron chi connectivity index (χ1n) is 14.3. The van der Waals surface area contributed by atoms with E-state index in [4.69, 9.17) is 11.6 Å². The minimum Gasteiger partial charge on any atom is -0.360 e. The van der Waals surface area contributed by atoms with Gasteiger partial charge in [0.25, 0.3) is 11.8 Å². The number of hydrogen-bond acceptors (Lipinski definition) is 6. The van der Waals surface area contributed by atoms with Crippen molar-refractivity contribution in [2.45, 2.75) is 50.2 Å². The van der Waals surface area contributed by atoms with Crippen LogP contribution >= 0.6 is 25.1 Å². The molecule has 0 bridgehead atoms. The average Bonchev–Trinajstić information content (AvgIpc) is 3.76. The standard InChI is InChI=1S/C27H29ClN6O2.C4F6O2.H2S/c1-33(2)16-25-29-12-13-34(25)19-9-6-17(7-10-19)26(35)31-22-4-3-5-23(22)32-27(36)18-8-11-20-21(28)15-30-24(20)14-18;5-3(6,7)1(11)2(12)4(8,9)10;/h6-15,22-23,30H,3-5,16H2,1-2H3,(H,31,35)(H,32,36);;1H2/t22-,23+;;/m0../s1. The number of H-pyrrole nitrogens is 1. The topological polar surface area (TPSA) is 129 Å². The Kier molecular flexibility index (Phi) is 12.7. The van der Waals surface area contributed by atoms with Gasteiger partial charge in [0.15, 0.2) is 0 Å². The van der Waals surface area contributed by atoms with E-state index < -0.39 is 23.9 Å². The Morgan fingerprint density at radius 3 is 1.96 bits per heavy atom. The number of hydrogen-bond donors (Lipinski definition) is 3. The number of halogens is 7. The third-order valence-electron chi connectivity index (χ3n) is 7.35. The molecule has 3 N–H and O–H groups in total. The first-order chi connectivity index (χ1) is 22.5. The summed E-state index contributed by atoms with van der Waals surface area (Å²) in [5.74, 6) is -6.19. The Labute approximate surface area is 287 Å². The lowest BCUT2D eigenvalue weighted by Gasteiger charge is -2.22. The van der Waals surface area contributed by atoms with Crippen LogP contribution in [-0.4, -0.2) is 81.3 Å². The van der Waals surface area contributed by atoms with Crippen LogP contribution in [0.4, 0.5) is 26.3 Å². The van der Waals surface area contributed by atoms with Gasteiger partial charge < -0.3 is 25.1 Å². The number of imidazole rings is 1. The molecule has 0 saturated heterocycles. The highest BCUT2D eigenvalue weighted by atomic mass is 35.5. The highest BCUT2D eigenvalue weighted by Gasteiger charge is 2.54. The van der Waals surface area contributed by atoms with Crippen LogP contribution in [-0.2, 0) is 16.1 Å². The maximum Gasteiger partial charge on any atom is 0.458 e. The van der Waals surface area contributed by atoms with Gasteiger partial charge >= 0.3 is 23.9 Å². The maximum absolute atomic E-state index is 13.0. The molecule has 0 unspecified atom stereocenters. The number of aromatic nitrogens is 3. The molecule has 1 saturated carbocycles. The van der Waals surface area contributed by atoms with E-state index >= 15 is 0 Å². The number of aromatic amines is 1. The Morgan fingerprint density at radius 2 is 1.43 bits per heavy atom. The van der Waals surface area contributed by atoms with Crippen molar-refractivity contribution in [2.75, 3.05) is 14.1 Å². The smallest absolute Gasteiger partial charge is 0.360 e. The molecule has 0 aliphatic heterocycles. The Morgan fingerprint density at radius 1 is 0.898 bits per heavy atom. The summed E-state index contributed by atoms with van der Waals surface area (Å²) in [7, 11) is 4.00. The number of Topliss-reactive ketones (excluding diaryl/α,β-unsaturated/α-hetero) is 2. The summed E-state index contributed by atoms with van der Waals surface area (Å²) in [6.45, 7) is 0.719. The lowest BCUT2D eigenvalue weighted by molar-refractivity contribution is -0.193. The van der Waals surface area contributed by atoms with Gasteiger partial charge in [-0.2, -0.15) is 39.8 Å². The summed E-state index contributed by atoms with van der Waals surface area (Å²) in [6, 6.07) is 12.7. The molecular formula is C31H31ClF6N6O4S.